The van der Waals surface area contributed by atoms with Crippen molar-refractivity contribution >= 4 is 5.91 Å². The van der Waals surface area contributed by atoms with E-state index in [4.69, 9.17) is 0 Å². The van der Waals surface area contributed by atoms with Gasteiger partial charge in [-0.1, -0.05) is 35.9 Å². The first-order valence-corrected chi connectivity index (χ1v) is 8.77. The lowest BCUT2D eigenvalue weighted by Gasteiger charge is -2.13. The first-order chi connectivity index (χ1) is 13.6. The second kappa shape index (κ2) is 7.90. The van der Waals surface area contributed by atoms with Gasteiger partial charge in [0.15, 0.2) is 5.69 Å². The van der Waals surface area contributed by atoms with Gasteiger partial charge in [0.1, 0.15) is 0 Å². The van der Waals surface area contributed by atoms with Gasteiger partial charge in [0.05, 0.1) is 11.3 Å². The number of aromatic nitrogens is 2. The van der Waals surface area contributed by atoms with Gasteiger partial charge in [0.2, 0.25) is 5.43 Å². The molecule has 5 nitrogen and oxygen atoms in total. The minimum atomic E-state index is -4.52. The van der Waals surface area contributed by atoms with Gasteiger partial charge < -0.3 is 5.32 Å². The minimum absolute atomic E-state index is 0.102. The molecule has 150 valence electrons. The highest BCUT2D eigenvalue weighted by molar-refractivity contribution is 5.92. The monoisotopic (exact) mass is 401 g/mol. The lowest BCUT2D eigenvalue weighted by molar-refractivity contribution is -0.137. The second-order valence-electron chi connectivity index (χ2n) is 6.63. The van der Waals surface area contributed by atoms with Crippen LogP contribution in [0.2, 0.25) is 0 Å². The van der Waals surface area contributed by atoms with E-state index >= 15 is 0 Å². The average Bonchev–Trinajstić information content (AvgIpc) is 2.67. The van der Waals surface area contributed by atoms with Crippen LogP contribution in [0.5, 0.6) is 0 Å². The Hall–Kier alpha value is -3.42. The molecule has 2 aromatic carbocycles. The summed E-state index contributed by atoms with van der Waals surface area (Å²) in [5, 5.41) is 6.63. The van der Waals surface area contributed by atoms with Gasteiger partial charge in [-0.2, -0.15) is 18.3 Å². The van der Waals surface area contributed by atoms with Gasteiger partial charge in [-0.3, -0.25) is 9.59 Å². The van der Waals surface area contributed by atoms with Crippen LogP contribution in [-0.2, 0) is 12.7 Å². The maximum absolute atomic E-state index is 13.0. The molecule has 0 aliphatic carbocycles. The normalized spacial score (nSPS) is 11.3. The third-order valence-corrected chi connectivity index (χ3v) is 4.31. The van der Waals surface area contributed by atoms with Gasteiger partial charge in [-0.25, -0.2) is 4.68 Å². The summed E-state index contributed by atoms with van der Waals surface area (Å²) in [5.74, 6) is -0.698. The largest absolute Gasteiger partial charge is 0.416 e. The summed E-state index contributed by atoms with van der Waals surface area (Å²) in [4.78, 5) is 24.7. The zero-order valence-electron chi connectivity index (χ0n) is 15.7. The summed E-state index contributed by atoms with van der Waals surface area (Å²) in [6, 6.07) is 13.2. The van der Waals surface area contributed by atoms with Crippen LogP contribution in [0.4, 0.5) is 13.2 Å². The smallest absolute Gasteiger partial charge is 0.346 e. The van der Waals surface area contributed by atoms with Crippen LogP contribution in [0.3, 0.4) is 0 Å². The van der Waals surface area contributed by atoms with Crippen molar-refractivity contribution in [1.82, 2.24) is 15.1 Å². The number of hydrogen-bond donors (Lipinski definition) is 1. The Morgan fingerprint density at radius 1 is 1.07 bits per heavy atom. The van der Waals surface area contributed by atoms with E-state index in [1.165, 1.54) is 25.1 Å². The SMILES string of the molecule is Cc1ccc(CNC(=O)c2nn(-c3cccc(C(F)(F)F)c3)c(C)cc2=O)cc1. The molecule has 0 radical (unpaired) electrons. The van der Waals surface area contributed by atoms with Crippen LogP contribution in [0.25, 0.3) is 5.69 Å². The van der Waals surface area contributed by atoms with Gasteiger partial charge in [-0.05, 0) is 37.6 Å². The van der Waals surface area contributed by atoms with E-state index in [1.54, 1.807) is 0 Å². The first-order valence-electron chi connectivity index (χ1n) is 8.77. The number of nitrogens with one attached hydrogen (secondary N) is 1. The molecule has 0 aliphatic rings. The fourth-order valence-electron chi connectivity index (χ4n) is 2.75. The first kappa shape index (κ1) is 20.3. The van der Waals surface area contributed by atoms with Crippen molar-refractivity contribution in [1.29, 1.82) is 0 Å². The molecular formula is C21H18F3N3O2. The maximum Gasteiger partial charge on any atom is 0.416 e. The van der Waals surface area contributed by atoms with Crippen molar-refractivity contribution in [3.05, 3.63) is 92.9 Å². The molecule has 0 aliphatic heterocycles. The van der Waals surface area contributed by atoms with Crippen LogP contribution in [-0.4, -0.2) is 15.7 Å². The van der Waals surface area contributed by atoms with Crippen molar-refractivity contribution in [3.63, 3.8) is 0 Å². The number of aryl methyl sites for hydroxylation is 2. The quantitative estimate of drug-likeness (QED) is 0.723. The molecule has 0 bridgehead atoms. The van der Waals surface area contributed by atoms with Crippen molar-refractivity contribution in [2.75, 3.05) is 0 Å². The topological polar surface area (TPSA) is 64.0 Å². The number of carbonyl (C=O) groups excluding carboxylic acids is 1. The number of nitrogens with zero attached hydrogens (tertiary/aromatic N) is 2. The molecule has 1 N–H and O–H groups in total. The van der Waals surface area contributed by atoms with Crippen LogP contribution < -0.4 is 10.7 Å². The predicted molar refractivity (Wildman–Crippen MR) is 102 cm³/mol. The Kier molecular flexibility index (Phi) is 5.54. The molecule has 3 aromatic rings. The van der Waals surface area contributed by atoms with Crippen molar-refractivity contribution in [2.45, 2.75) is 26.6 Å². The molecule has 0 atom stereocenters. The number of benzene rings is 2. The molecular weight excluding hydrogens is 383 g/mol. The summed E-state index contributed by atoms with van der Waals surface area (Å²) in [5.41, 5.74) is 0.486. The fraction of sp³-hybridized carbons (Fsp3) is 0.190. The highest BCUT2D eigenvalue weighted by Gasteiger charge is 2.30. The third kappa shape index (κ3) is 4.71. The lowest BCUT2D eigenvalue weighted by atomic mass is 10.1. The Morgan fingerprint density at radius 3 is 2.41 bits per heavy atom. The number of alkyl halides is 3. The minimum Gasteiger partial charge on any atom is -0.346 e. The molecule has 0 spiro atoms. The van der Waals surface area contributed by atoms with Crippen LogP contribution in [0.15, 0.2) is 59.4 Å². The Labute approximate surface area is 164 Å². The molecule has 0 fully saturated rings. The van der Waals surface area contributed by atoms with Crippen LogP contribution in [0.1, 0.15) is 32.9 Å². The molecule has 0 saturated carbocycles. The molecule has 0 saturated heterocycles. The summed E-state index contributed by atoms with van der Waals surface area (Å²) >= 11 is 0. The van der Waals surface area contributed by atoms with Gasteiger partial charge >= 0.3 is 6.18 Å². The Bertz CT molecular complexity index is 1100. The number of halogens is 3. The van der Waals surface area contributed by atoms with Crippen molar-refractivity contribution in [3.8, 4) is 5.69 Å². The summed E-state index contributed by atoms with van der Waals surface area (Å²) in [7, 11) is 0. The standard InChI is InChI=1S/C21H18F3N3O2/c1-13-6-8-15(9-7-13)12-25-20(29)19-18(28)10-14(2)27(26-19)17-5-3-4-16(11-17)21(22,23)24/h3-11H,12H2,1-2H3,(H,25,29). The van der Waals surface area contributed by atoms with E-state index in [0.717, 1.165) is 27.9 Å². The summed E-state index contributed by atoms with van der Waals surface area (Å²) < 4.78 is 40.1. The zero-order chi connectivity index (χ0) is 21.2. The average molecular weight is 401 g/mol. The van der Waals surface area contributed by atoms with Gasteiger partial charge in [-0.15, -0.1) is 0 Å². The van der Waals surface area contributed by atoms with Crippen LogP contribution in [0, 0.1) is 13.8 Å². The number of amides is 1. The predicted octanol–water partition coefficient (Wildman–Crippen LogP) is 3.80. The number of hydrogen-bond acceptors (Lipinski definition) is 3. The van der Waals surface area contributed by atoms with E-state index in [0.29, 0.717) is 5.69 Å². The second-order valence-corrected chi connectivity index (χ2v) is 6.63. The molecule has 29 heavy (non-hydrogen) atoms. The molecule has 8 heteroatoms. The molecule has 3 rings (SSSR count). The Balaban J connectivity index is 1.90. The molecule has 1 amide bonds. The third-order valence-electron chi connectivity index (χ3n) is 4.31. The Morgan fingerprint density at radius 2 is 1.76 bits per heavy atom. The molecule has 1 heterocycles. The van der Waals surface area contributed by atoms with E-state index in [2.05, 4.69) is 10.4 Å². The van der Waals surface area contributed by atoms with E-state index in [9.17, 15) is 22.8 Å². The van der Waals surface area contributed by atoms with Crippen molar-refractivity contribution in [2.24, 2.45) is 0 Å². The summed E-state index contributed by atoms with van der Waals surface area (Å²) in [6.45, 7) is 3.66. The van der Waals surface area contributed by atoms with Gasteiger partial charge in [0.25, 0.3) is 5.91 Å². The molecule has 0 unspecified atom stereocenters. The highest BCUT2D eigenvalue weighted by Crippen LogP contribution is 2.30. The van der Waals surface area contributed by atoms with Crippen LogP contribution >= 0.6 is 0 Å². The lowest BCUT2D eigenvalue weighted by Crippen LogP contribution is -2.31. The van der Waals surface area contributed by atoms with E-state index < -0.39 is 23.1 Å². The molecule has 1 aromatic heterocycles. The fourth-order valence-corrected chi connectivity index (χ4v) is 2.75. The van der Waals surface area contributed by atoms with Crippen molar-refractivity contribution < 1.29 is 18.0 Å². The maximum atomic E-state index is 13.0. The zero-order valence-corrected chi connectivity index (χ0v) is 15.7. The highest BCUT2D eigenvalue weighted by atomic mass is 19.4. The van der Waals surface area contributed by atoms with E-state index in [-0.39, 0.29) is 17.9 Å². The summed E-state index contributed by atoms with van der Waals surface area (Å²) in [6.07, 6.45) is -4.52. The van der Waals surface area contributed by atoms with E-state index in [1.807, 2.05) is 31.2 Å². The number of carbonyl (C=O) groups is 1. The van der Waals surface area contributed by atoms with Gasteiger partial charge in [0, 0.05) is 18.3 Å². The number of rotatable bonds is 4.